The fourth-order valence-corrected chi connectivity index (χ4v) is 3.11. The molecule has 25 heavy (non-hydrogen) atoms. The summed E-state index contributed by atoms with van der Waals surface area (Å²) in [6.07, 6.45) is 0.359. The first-order valence-electron chi connectivity index (χ1n) is 7.97. The summed E-state index contributed by atoms with van der Waals surface area (Å²) in [6, 6.07) is 24.8. The number of anilines is 1. The quantitative estimate of drug-likeness (QED) is 0.465. The molecule has 0 radical (unpaired) electrons. The van der Waals surface area contributed by atoms with Crippen molar-refractivity contribution >= 4 is 39.0 Å². The van der Waals surface area contributed by atoms with Crippen LogP contribution in [0.2, 0.25) is 5.02 Å². The van der Waals surface area contributed by atoms with Crippen LogP contribution in [0.5, 0.6) is 0 Å². The molecular weight excluding hydrogens is 398 g/mol. The lowest BCUT2D eigenvalue weighted by atomic mass is 9.97. The van der Waals surface area contributed by atoms with Crippen LogP contribution in [-0.2, 0) is 0 Å². The highest BCUT2D eigenvalue weighted by molar-refractivity contribution is 9.10. The second kappa shape index (κ2) is 8.32. The van der Waals surface area contributed by atoms with E-state index in [1.165, 1.54) is 0 Å². The first kappa shape index (κ1) is 17.7. The van der Waals surface area contributed by atoms with Crippen molar-refractivity contribution in [1.29, 1.82) is 0 Å². The highest BCUT2D eigenvalue weighted by Gasteiger charge is 2.17. The van der Waals surface area contributed by atoms with Gasteiger partial charge in [-0.3, -0.25) is 4.79 Å². The van der Waals surface area contributed by atoms with Crippen molar-refractivity contribution in [2.45, 2.75) is 12.5 Å². The summed E-state index contributed by atoms with van der Waals surface area (Å²) in [7, 11) is 0. The smallest absolute Gasteiger partial charge is 0.165 e. The molecule has 0 saturated carbocycles. The number of carbonyl (C=O) groups is 1. The third kappa shape index (κ3) is 4.94. The van der Waals surface area contributed by atoms with Crippen LogP contribution in [0.4, 0.5) is 5.69 Å². The summed E-state index contributed by atoms with van der Waals surface area (Å²) in [4.78, 5) is 12.7. The zero-order chi connectivity index (χ0) is 17.6. The monoisotopic (exact) mass is 413 g/mol. The minimum Gasteiger partial charge on any atom is -0.378 e. The standard InChI is InChI=1S/C21H17BrClNO/c22-17-11-9-15(10-12-17)20(24-19-8-4-7-18(23)13-19)14-21(25)16-5-2-1-3-6-16/h1-13,20,24H,14H2/t20-/m1/s1. The van der Waals surface area contributed by atoms with Gasteiger partial charge in [-0.1, -0.05) is 76.1 Å². The Morgan fingerprint density at radius 1 is 0.960 bits per heavy atom. The second-order valence-corrected chi connectivity index (χ2v) is 7.10. The van der Waals surface area contributed by atoms with Crippen molar-refractivity contribution in [2.24, 2.45) is 0 Å². The van der Waals surface area contributed by atoms with Crippen molar-refractivity contribution < 1.29 is 4.79 Å². The number of carbonyl (C=O) groups excluding carboxylic acids is 1. The highest BCUT2D eigenvalue weighted by atomic mass is 79.9. The second-order valence-electron chi connectivity index (χ2n) is 5.75. The predicted octanol–water partition coefficient (Wildman–Crippen LogP) is 6.53. The van der Waals surface area contributed by atoms with Gasteiger partial charge in [0.2, 0.25) is 0 Å². The number of hydrogen-bond acceptors (Lipinski definition) is 2. The molecule has 1 N–H and O–H groups in total. The SMILES string of the molecule is O=C(C[C@@H](Nc1cccc(Cl)c1)c1ccc(Br)cc1)c1ccccc1. The Morgan fingerprint density at radius 2 is 1.68 bits per heavy atom. The minimum absolute atomic E-state index is 0.100. The van der Waals surface area contributed by atoms with Gasteiger partial charge in [0.05, 0.1) is 6.04 Å². The molecule has 3 aromatic carbocycles. The Bertz CT molecular complexity index is 849. The summed E-state index contributed by atoms with van der Waals surface area (Å²) in [5, 5.41) is 4.10. The van der Waals surface area contributed by atoms with Gasteiger partial charge in [-0.15, -0.1) is 0 Å². The molecule has 2 nitrogen and oxygen atoms in total. The maximum Gasteiger partial charge on any atom is 0.165 e. The van der Waals surface area contributed by atoms with E-state index in [9.17, 15) is 4.79 Å². The van der Waals surface area contributed by atoms with E-state index in [0.29, 0.717) is 11.4 Å². The first-order valence-corrected chi connectivity index (χ1v) is 9.15. The summed E-state index contributed by atoms with van der Waals surface area (Å²) in [5.74, 6) is 0.100. The van der Waals surface area contributed by atoms with Crippen LogP contribution < -0.4 is 5.32 Å². The van der Waals surface area contributed by atoms with E-state index in [4.69, 9.17) is 11.6 Å². The number of ketones is 1. The Balaban J connectivity index is 1.86. The lowest BCUT2D eigenvalue weighted by Crippen LogP contribution is -2.15. The molecule has 1 atom stereocenters. The van der Waals surface area contributed by atoms with Gasteiger partial charge in [-0.2, -0.15) is 0 Å². The van der Waals surface area contributed by atoms with Crippen LogP contribution in [0, 0.1) is 0 Å². The van der Waals surface area contributed by atoms with E-state index in [1.807, 2.05) is 78.9 Å². The van der Waals surface area contributed by atoms with Gasteiger partial charge in [0, 0.05) is 27.2 Å². The largest absolute Gasteiger partial charge is 0.378 e. The molecule has 0 amide bonds. The molecule has 0 spiro atoms. The maximum absolute atomic E-state index is 12.7. The van der Waals surface area contributed by atoms with Gasteiger partial charge < -0.3 is 5.32 Å². The summed E-state index contributed by atoms with van der Waals surface area (Å²) in [5.41, 5.74) is 2.66. The van der Waals surface area contributed by atoms with Gasteiger partial charge in [-0.25, -0.2) is 0 Å². The van der Waals surface area contributed by atoms with Crippen LogP contribution in [-0.4, -0.2) is 5.78 Å². The van der Waals surface area contributed by atoms with Crippen LogP contribution in [0.15, 0.2) is 83.3 Å². The molecule has 0 heterocycles. The number of halogens is 2. The maximum atomic E-state index is 12.7. The molecular formula is C21H17BrClNO. The molecule has 0 aliphatic heterocycles. The fourth-order valence-electron chi connectivity index (χ4n) is 2.65. The molecule has 0 saturated heterocycles. The normalized spacial score (nSPS) is 11.8. The van der Waals surface area contributed by atoms with Crippen LogP contribution in [0.3, 0.4) is 0 Å². The molecule has 0 aliphatic carbocycles. The van der Waals surface area contributed by atoms with E-state index in [1.54, 1.807) is 0 Å². The third-order valence-electron chi connectivity index (χ3n) is 3.92. The first-order chi connectivity index (χ1) is 12.1. The molecule has 3 rings (SSSR count). The van der Waals surface area contributed by atoms with E-state index in [-0.39, 0.29) is 11.8 Å². The van der Waals surface area contributed by atoms with E-state index >= 15 is 0 Å². The van der Waals surface area contributed by atoms with E-state index < -0.39 is 0 Å². The average molecular weight is 415 g/mol. The molecule has 0 aliphatic rings. The summed E-state index contributed by atoms with van der Waals surface area (Å²) >= 11 is 9.54. The van der Waals surface area contributed by atoms with Gasteiger partial charge in [0.25, 0.3) is 0 Å². The van der Waals surface area contributed by atoms with Crippen molar-refractivity contribution in [3.05, 3.63) is 99.5 Å². The van der Waals surface area contributed by atoms with Crippen molar-refractivity contribution in [3.63, 3.8) is 0 Å². The van der Waals surface area contributed by atoms with Crippen molar-refractivity contribution in [1.82, 2.24) is 0 Å². The number of hydrogen-bond donors (Lipinski definition) is 1. The lowest BCUT2D eigenvalue weighted by molar-refractivity contribution is 0.0976. The molecule has 0 aromatic heterocycles. The lowest BCUT2D eigenvalue weighted by Gasteiger charge is -2.20. The average Bonchev–Trinajstić information content (AvgIpc) is 2.62. The molecule has 0 fully saturated rings. The molecule has 3 aromatic rings. The number of nitrogens with one attached hydrogen (secondary N) is 1. The van der Waals surface area contributed by atoms with Gasteiger partial charge in [0.15, 0.2) is 5.78 Å². The summed E-state index contributed by atoms with van der Waals surface area (Å²) in [6.45, 7) is 0. The third-order valence-corrected chi connectivity index (χ3v) is 4.69. The zero-order valence-electron chi connectivity index (χ0n) is 13.5. The fraction of sp³-hybridized carbons (Fsp3) is 0.0952. The Morgan fingerprint density at radius 3 is 2.36 bits per heavy atom. The topological polar surface area (TPSA) is 29.1 Å². The van der Waals surface area contributed by atoms with Crippen LogP contribution >= 0.6 is 27.5 Å². The molecule has 126 valence electrons. The Hall–Kier alpha value is -2.10. The predicted molar refractivity (Wildman–Crippen MR) is 107 cm³/mol. The summed E-state index contributed by atoms with van der Waals surface area (Å²) < 4.78 is 1.01. The van der Waals surface area contributed by atoms with Crippen LogP contribution in [0.1, 0.15) is 28.4 Å². The molecule has 4 heteroatoms. The van der Waals surface area contributed by atoms with Crippen molar-refractivity contribution in [2.75, 3.05) is 5.32 Å². The van der Waals surface area contributed by atoms with E-state index in [0.717, 1.165) is 21.3 Å². The minimum atomic E-state index is -0.140. The van der Waals surface area contributed by atoms with E-state index in [2.05, 4.69) is 21.2 Å². The number of benzene rings is 3. The van der Waals surface area contributed by atoms with Crippen molar-refractivity contribution in [3.8, 4) is 0 Å². The van der Waals surface area contributed by atoms with Gasteiger partial charge in [-0.05, 0) is 35.9 Å². The van der Waals surface area contributed by atoms with Gasteiger partial charge >= 0.3 is 0 Å². The van der Waals surface area contributed by atoms with Crippen LogP contribution in [0.25, 0.3) is 0 Å². The number of Topliss-reactive ketones (excluding diaryl/α,β-unsaturated/α-hetero) is 1. The molecule has 0 bridgehead atoms. The zero-order valence-corrected chi connectivity index (χ0v) is 15.8. The Labute approximate surface area is 161 Å². The molecule has 0 unspecified atom stereocenters. The van der Waals surface area contributed by atoms with Gasteiger partial charge in [0.1, 0.15) is 0 Å². The number of rotatable bonds is 6. The highest BCUT2D eigenvalue weighted by Crippen LogP contribution is 2.27. The Kier molecular flexibility index (Phi) is 5.90.